The van der Waals surface area contributed by atoms with Crippen molar-refractivity contribution < 1.29 is 12.9 Å². The average molecular weight is 322 g/mol. The van der Waals surface area contributed by atoms with Crippen molar-refractivity contribution in [2.45, 2.75) is 53.0 Å². The summed E-state index contributed by atoms with van der Waals surface area (Å²) in [6.45, 7) is 11.6. The predicted octanol–water partition coefficient (Wildman–Crippen LogP) is 3.00. The van der Waals surface area contributed by atoms with Gasteiger partial charge >= 0.3 is 0 Å². The van der Waals surface area contributed by atoms with Crippen molar-refractivity contribution in [3.63, 3.8) is 0 Å². The van der Waals surface area contributed by atoms with Crippen molar-refractivity contribution in [3.8, 4) is 0 Å². The second kappa shape index (κ2) is 5.85. The summed E-state index contributed by atoms with van der Waals surface area (Å²) in [7, 11) is -3.64. The number of sulfonamides is 1. The number of benzene rings is 1. The van der Waals surface area contributed by atoms with Gasteiger partial charge in [0, 0.05) is 6.54 Å². The van der Waals surface area contributed by atoms with Crippen LogP contribution in [-0.2, 0) is 16.6 Å². The van der Waals surface area contributed by atoms with Crippen LogP contribution in [0, 0.1) is 41.5 Å². The smallest absolute Gasteiger partial charge is 0.246 e. The fraction of sp³-hybridized carbons (Fsp3) is 0.438. The van der Waals surface area contributed by atoms with E-state index in [4.69, 9.17) is 4.52 Å². The van der Waals surface area contributed by atoms with Gasteiger partial charge in [0.05, 0.1) is 0 Å². The first-order valence-corrected chi connectivity index (χ1v) is 8.62. The molecular weight excluding hydrogens is 300 g/mol. The molecule has 0 saturated carbocycles. The van der Waals surface area contributed by atoms with Gasteiger partial charge in [-0.15, -0.1) is 0 Å². The third kappa shape index (κ3) is 2.94. The second-order valence-corrected chi connectivity index (χ2v) is 7.42. The van der Waals surface area contributed by atoms with E-state index >= 15 is 0 Å². The van der Waals surface area contributed by atoms with E-state index in [1.165, 1.54) is 0 Å². The van der Waals surface area contributed by atoms with Crippen LogP contribution < -0.4 is 4.72 Å². The Balaban J connectivity index is 2.35. The van der Waals surface area contributed by atoms with Crippen molar-refractivity contribution >= 4 is 10.0 Å². The van der Waals surface area contributed by atoms with E-state index in [-0.39, 0.29) is 11.4 Å². The monoisotopic (exact) mass is 322 g/mol. The lowest BCUT2D eigenvalue weighted by Crippen LogP contribution is -2.25. The molecule has 1 aromatic carbocycles. The molecule has 0 fully saturated rings. The predicted molar refractivity (Wildman–Crippen MR) is 85.4 cm³/mol. The topological polar surface area (TPSA) is 72.2 Å². The number of nitrogens with one attached hydrogen (secondary N) is 1. The highest BCUT2D eigenvalue weighted by Crippen LogP contribution is 2.23. The van der Waals surface area contributed by atoms with E-state index in [2.05, 4.69) is 15.9 Å². The minimum Gasteiger partial charge on any atom is -0.360 e. The maximum absolute atomic E-state index is 12.5. The molecule has 0 spiro atoms. The van der Waals surface area contributed by atoms with Crippen LogP contribution in [0.3, 0.4) is 0 Å². The van der Waals surface area contributed by atoms with Crippen LogP contribution in [0.1, 0.15) is 39.3 Å². The van der Waals surface area contributed by atoms with Gasteiger partial charge in [-0.25, -0.2) is 13.1 Å². The highest BCUT2D eigenvalue weighted by molar-refractivity contribution is 7.89. The molecule has 0 bridgehead atoms. The van der Waals surface area contributed by atoms with E-state index in [1.807, 2.05) is 27.7 Å². The summed E-state index contributed by atoms with van der Waals surface area (Å²) >= 11 is 0. The Hall–Kier alpha value is -1.66. The normalized spacial score (nSPS) is 11.9. The number of hydrogen-bond acceptors (Lipinski definition) is 4. The largest absolute Gasteiger partial charge is 0.360 e. The molecule has 1 N–H and O–H groups in total. The zero-order valence-electron chi connectivity index (χ0n) is 13.9. The van der Waals surface area contributed by atoms with E-state index in [0.29, 0.717) is 11.5 Å². The SMILES string of the molecule is Cc1cc(C)c(C)c(CNS(=O)(=O)c2c(C)noc2C)c1C. The molecule has 0 amide bonds. The molecule has 2 rings (SSSR count). The summed E-state index contributed by atoms with van der Waals surface area (Å²) in [6.07, 6.45) is 0. The number of rotatable bonds is 4. The second-order valence-electron chi connectivity index (χ2n) is 5.72. The van der Waals surface area contributed by atoms with Gasteiger partial charge in [-0.3, -0.25) is 0 Å². The Morgan fingerprint density at radius 2 is 1.59 bits per heavy atom. The number of aromatic nitrogens is 1. The molecule has 5 nitrogen and oxygen atoms in total. The molecule has 120 valence electrons. The standard InChI is InChI=1S/C16H22N2O3S/c1-9-7-10(2)12(4)15(11(9)3)8-17-22(19,20)16-13(5)18-21-14(16)6/h7,17H,8H2,1-6H3. The molecule has 0 aliphatic rings. The molecular formula is C16H22N2O3S. The Morgan fingerprint density at radius 1 is 1.05 bits per heavy atom. The summed E-state index contributed by atoms with van der Waals surface area (Å²) in [5.74, 6) is 0.305. The van der Waals surface area contributed by atoms with Crippen LogP contribution in [0.5, 0.6) is 0 Å². The Morgan fingerprint density at radius 3 is 2.05 bits per heavy atom. The van der Waals surface area contributed by atoms with Gasteiger partial charge in [0.15, 0.2) is 5.76 Å². The lowest BCUT2D eigenvalue weighted by molar-refractivity contribution is 0.390. The zero-order chi connectivity index (χ0) is 16.7. The third-order valence-electron chi connectivity index (χ3n) is 4.20. The molecule has 1 aromatic heterocycles. The molecule has 1 heterocycles. The van der Waals surface area contributed by atoms with E-state index in [1.54, 1.807) is 13.8 Å². The molecule has 0 atom stereocenters. The zero-order valence-corrected chi connectivity index (χ0v) is 14.7. The van der Waals surface area contributed by atoms with Crippen LogP contribution in [0.25, 0.3) is 0 Å². The summed E-state index contributed by atoms with van der Waals surface area (Å²) in [5.41, 5.74) is 5.95. The van der Waals surface area contributed by atoms with Gasteiger partial charge < -0.3 is 4.52 Å². The first-order chi connectivity index (χ1) is 10.1. The van der Waals surface area contributed by atoms with E-state index in [9.17, 15) is 8.42 Å². The van der Waals surface area contributed by atoms with Crippen molar-refractivity contribution in [3.05, 3.63) is 45.3 Å². The van der Waals surface area contributed by atoms with Crippen molar-refractivity contribution in [2.24, 2.45) is 0 Å². The van der Waals surface area contributed by atoms with Crippen LogP contribution in [-0.4, -0.2) is 13.6 Å². The van der Waals surface area contributed by atoms with Crippen LogP contribution in [0.2, 0.25) is 0 Å². The average Bonchev–Trinajstić information content (AvgIpc) is 2.76. The first kappa shape index (κ1) is 16.7. The summed E-state index contributed by atoms with van der Waals surface area (Å²) in [6, 6.07) is 2.12. The Bertz CT molecular complexity index is 775. The third-order valence-corrected chi connectivity index (χ3v) is 5.84. The maximum Gasteiger partial charge on any atom is 0.246 e. The quantitative estimate of drug-likeness (QED) is 0.939. The van der Waals surface area contributed by atoms with Gasteiger partial charge in [-0.2, -0.15) is 0 Å². The molecule has 6 heteroatoms. The molecule has 0 aliphatic heterocycles. The molecule has 0 saturated heterocycles. The fourth-order valence-electron chi connectivity index (χ4n) is 2.66. The summed E-state index contributed by atoms with van der Waals surface area (Å²) in [5, 5.41) is 3.71. The lowest BCUT2D eigenvalue weighted by atomic mass is 9.94. The van der Waals surface area contributed by atoms with Crippen LogP contribution in [0.4, 0.5) is 0 Å². The van der Waals surface area contributed by atoms with E-state index in [0.717, 1.165) is 27.8 Å². The lowest BCUT2D eigenvalue weighted by Gasteiger charge is -2.16. The van der Waals surface area contributed by atoms with Gasteiger partial charge in [0.2, 0.25) is 10.0 Å². The molecule has 0 aliphatic carbocycles. The van der Waals surface area contributed by atoms with Crippen LogP contribution >= 0.6 is 0 Å². The number of nitrogens with zero attached hydrogens (tertiary/aromatic N) is 1. The van der Waals surface area contributed by atoms with Gasteiger partial charge in [-0.1, -0.05) is 11.2 Å². The van der Waals surface area contributed by atoms with Gasteiger partial charge in [0.25, 0.3) is 0 Å². The molecule has 0 unspecified atom stereocenters. The number of hydrogen-bond donors (Lipinski definition) is 1. The molecule has 22 heavy (non-hydrogen) atoms. The maximum atomic E-state index is 12.5. The number of aryl methyl sites for hydroxylation is 4. The fourth-order valence-corrected chi connectivity index (χ4v) is 3.98. The summed E-state index contributed by atoms with van der Waals surface area (Å²) in [4.78, 5) is 0.132. The highest BCUT2D eigenvalue weighted by atomic mass is 32.2. The minimum absolute atomic E-state index is 0.132. The van der Waals surface area contributed by atoms with Crippen molar-refractivity contribution in [1.29, 1.82) is 0 Å². The van der Waals surface area contributed by atoms with Crippen molar-refractivity contribution in [2.75, 3.05) is 0 Å². The van der Waals surface area contributed by atoms with Gasteiger partial charge in [0.1, 0.15) is 10.6 Å². The van der Waals surface area contributed by atoms with Gasteiger partial charge in [-0.05, 0) is 69.4 Å². The summed E-state index contributed by atoms with van der Waals surface area (Å²) < 4.78 is 32.6. The molecule has 2 aromatic rings. The van der Waals surface area contributed by atoms with E-state index < -0.39 is 10.0 Å². The minimum atomic E-state index is -3.64. The Kier molecular flexibility index (Phi) is 4.44. The molecule has 0 radical (unpaired) electrons. The van der Waals surface area contributed by atoms with Crippen molar-refractivity contribution in [1.82, 2.24) is 9.88 Å². The highest BCUT2D eigenvalue weighted by Gasteiger charge is 2.24. The van der Waals surface area contributed by atoms with Crippen LogP contribution in [0.15, 0.2) is 15.5 Å². The first-order valence-electron chi connectivity index (χ1n) is 7.14. The Labute approximate surface area is 131 Å².